The minimum absolute atomic E-state index is 0.182. The second kappa shape index (κ2) is 5.25. The summed E-state index contributed by atoms with van der Waals surface area (Å²) in [5.41, 5.74) is 0.432. The molecule has 0 aliphatic carbocycles. The van der Waals surface area contributed by atoms with Gasteiger partial charge in [-0.2, -0.15) is 0 Å². The molecule has 2 fully saturated rings. The molecule has 3 rings (SSSR count). The number of fused-ring (bicyclic) bond motifs is 1. The summed E-state index contributed by atoms with van der Waals surface area (Å²) < 4.78 is 5.40. The van der Waals surface area contributed by atoms with Gasteiger partial charge < -0.3 is 14.7 Å². The monoisotopic (exact) mass is 275 g/mol. The highest BCUT2D eigenvalue weighted by molar-refractivity contribution is 5.91. The molecule has 0 unspecified atom stereocenters. The van der Waals surface area contributed by atoms with E-state index in [-0.39, 0.29) is 11.9 Å². The lowest BCUT2D eigenvalue weighted by atomic mass is 10.00. The van der Waals surface area contributed by atoms with Crippen molar-refractivity contribution in [1.82, 2.24) is 4.90 Å². The zero-order valence-corrected chi connectivity index (χ0v) is 11.1. The number of ether oxygens (including phenoxy) is 1. The summed E-state index contributed by atoms with van der Waals surface area (Å²) in [6, 6.07) is 8.44. The number of amides is 1. The van der Waals surface area contributed by atoms with Crippen molar-refractivity contribution in [2.75, 3.05) is 6.54 Å². The second-order valence-electron chi connectivity index (χ2n) is 5.28. The predicted molar refractivity (Wildman–Crippen MR) is 71.0 cm³/mol. The van der Waals surface area contributed by atoms with E-state index in [1.807, 2.05) is 6.07 Å². The van der Waals surface area contributed by atoms with E-state index >= 15 is 0 Å². The van der Waals surface area contributed by atoms with E-state index in [0.29, 0.717) is 12.1 Å². The van der Waals surface area contributed by atoms with Gasteiger partial charge in [0.2, 0.25) is 0 Å². The number of esters is 1. The number of nitrogens with zero attached hydrogens (tertiary/aromatic N) is 1. The average molecular weight is 275 g/mol. The van der Waals surface area contributed by atoms with Crippen LogP contribution >= 0.6 is 0 Å². The van der Waals surface area contributed by atoms with Crippen molar-refractivity contribution in [2.45, 2.75) is 37.5 Å². The molecule has 3 atom stereocenters. The summed E-state index contributed by atoms with van der Waals surface area (Å²) in [4.78, 5) is 25.7. The number of carbonyl (C=O) groups excluding carboxylic acids is 2. The van der Waals surface area contributed by atoms with E-state index < -0.39 is 18.2 Å². The maximum atomic E-state index is 12.1. The van der Waals surface area contributed by atoms with Crippen molar-refractivity contribution in [2.24, 2.45) is 0 Å². The molecule has 106 valence electrons. The van der Waals surface area contributed by atoms with Gasteiger partial charge in [-0.1, -0.05) is 18.2 Å². The molecule has 0 aromatic heterocycles. The van der Waals surface area contributed by atoms with Crippen LogP contribution in [-0.4, -0.2) is 46.7 Å². The van der Waals surface area contributed by atoms with Crippen molar-refractivity contribution in [3.63, 3.8) is 0 Å². The van der Waals surface area contributed by atoms with Crippen molar-refractivity contribution in [1.29, 1.82) is 0 Å². The number of benzene rings is 1. The van der Waals surface area contributed by atoms with E-state index in [1.165, 1.54) is 0 Å². The van der Waals surface area contributed by atoms with Crippen molar-refractivity contribution >= 4 is 11.9 Å². The van der Waals surface area contributed by atoms with E-state index in [0.717, 1.165) is 19.3 Å². The van der Waals surface area contributed by atoms with Crippen LogP contribution in [0, 0.1) is 0 Å². The molecule has 2 saturated heterocycles. The first-order chi connectivity index (χ1) is 9.68. The van der Waals surface area contributed by atoms with Crippen molar-refractivity contribution in [3.05, 3.63) is 35.9 Å². The average Bonchev–Trinajstić information content (AvgIpc) is 2.74. The van der Waals surface area contributed by atoms with E-state index in [9.17, 15) is 14.7 Å². The quantitative estimate of drug-likeness (QED) is 0.817. The topological polar surface area (TPSA) is 66.8 Å². The van der Waals surface area contributed by atoms with E-state index in [1.54, 1.807) is 29.2 Å². The smallest absolute Gasteiger partial charge is 0.338 e. The first kappa shape index (κ1) is 13.1. The van der Waals surface area contributed by atoms with Crippen LogP contribution in [0.3, 0.4) is 0 Å². The molecule has 2 heterocycles. The van der Waals surface area contributed by atoms with Gasteiger partial charge in [0.25, 0.3) is 5.91 Å². The third kappa shape index (κ3) is 2.18. The Morgan fingerprint density at radius 1 is 1.25 bits per heavy atom. The Kier molecular flexibility index (Phi) is 3.44. The first-order valence-corrected chi connectivity index (χ1v) is 6.93. The summed E-state index contributed by atoms with van der Waals surface area (Å²) in [6.45, 7) is 0.639. The van der Waals surface area contributed by atoms with Gasteiger partial charge in [-0.15, -0.1) is 0 Å². The SMILES string of the molecule is O=C(O[C@@H]1[C@H](O)C(=O)N2CCCC[C@H]12)c1ccccc1. The highest BCUT2D eigenvalue weighted by Gasteiger charge is 2.50. The number of hydrogen-bond acceptors (Lipinski definition) is 4. The van der Waals surface area contributed by atoms with E-state index in [2.05, 4.69) is 0 Å². The fourth-order valence-corrected chi connectivity index (χ4v) is 3.00. The lowest BCUT2D eigenvalue weighted by Crippen LogP contribution is -2.42. The molecule has 0 bridgehead atoms. The van der Waals surface area contributed by atoms with Gasteiger partial charge in [-0.05, 0) is 31.4 Å². The third-order valence-corrected chi connectivity index (χ3v) is 4.03. The summed E-state index contributed by atoms with van der Waals surface area (Å²) in [5, 5.41) is 10.0. The van der Waals surface area contributed by atoms with Gasteiger partial charge in [0.1, 0.15) is 0 Å². The molecule has 0 saturated carbocycles. The number of aliphatic hydroxyl groups excluding tert-OH is 1. The second-order valence-corrected chi connectivity index (χ2v) is 5.28. The Hall–Kier alpha value is -1.88. The maximum Gasteiger partial charge on any atom is 0.338 e. The van der Waals surface area contributed by atoms with Crippen LogP contribution in [0.2, 0.25) is 0 Å². The third-order valence-electron chi connectivity index (χ3n) is 4.03. The summed E-state index contributed by atoms with van der Waals surface area (Å²) in [7, 11) is 0. The number of carbonyl (C=O) groups is 2. The fourth-order valence-electron chi connectivity index (χ4n) is 3.00. The van der Waals surface area contributed by atoms with Crippen LogP contribution < -0.4 is 0 Å². The largest absolute Gasteiger partial charge is 0.453 e. The standard InChI is InChI=1S/C15H17NO4/c17-12-13(11-8-4-5-9-16(11)14(12)18)20-15(19)10-6-2-1-3-7-10/h1-3,6-7,11-13,17H,4-5,8-9H2/t11-,12+,13+/m1/s1. The highest BCUT2D eigenvalue weighted by Crippen LogP contribution is 2.31. The summed E-state index contributed by atoms with van der Waals surface area (Å²) >= 11 is 0. The Labute approximate surface area is 117 Å². The first-order valence-electron chi connectivity index (χ1n) is 6.93. The van der Waals surface area contributed by atoms with Crippen LogP contribution in [0.15, 0.2) is 30.3 Å². The zero-order chi connectivity index (χ0) is 14.1. The molecule has 1 aromatic rings. The number of piperidine rings is 1. The van der Waals surface area contributed by atoms with Crippen LogP contribution in [-0.2, 0) is 9.53 Å². The lowest BCUT2D eigenvalue weighted by Gasteiger charge is -2.31. The summed E-state index contributed by atoms with van der Waals surface area (Å²) in [5.74, 6) is -0.810. The molecule has 5 nitrogen and oxygen atoms in total. The highest BCUT2D eigenvalue weighted by atomic mass is 16.6. The minimum atomic E-state index is -1.23. The Balaban J connectivity index is 1.76. The van der Waals surface area contributed by atoms with Gasteiger partial charge >= 0.3 is 5.97 Å². The van der Waals surface area contributed by atoms with E-state index in [4.69, 9.17) is 4.74 Å². The Morgan fingerprint density at radius 2 is 2.00 bits per heavy atom. The number of aliphatic hydroxyl groups is 1. The van der Waals surface area contributed by atoms with Gasteiger partial charge in [0, 0.05) is 6.54 Å². The van der Waals surface area contributed by atoms with Crippen LogP contribution in [0.4, 0.5) is 0 Å². The van der Waals surface area contributed by atoms with Crippen molar-refractivity contribution < 1.29 is 19.4 Å². The maximum absolute atomic E-state index is 12.1. The van der Waals surface area contributed by atoms with Gasteiger partial charge in [-0.3, -0.25) is 4.79 Å². The normalized spacial score (nSPS) is 29.1. The van der Waals surface area contributed by atoms with Gasteiger partial charge in [0.05, 0.1) is 11.6 Å². The van der Waals surface area contributed by atoms with Crippen molar-refractivity contribution in [3.8, 4) is 0 Å². The number of rotatable bonds is 2. The molecule has 1 amide bonds. The molecular weight excluding hydrogens is 258 g/mol. The molecule has 2 aliphatic rings. The van der Waals surface area contributed by atoms with Crippen LogP contribution in [0.1, 0.15) is 29.6 Å². The molecule has 0 spiro atoms. The molecule has 20 heavy (non-hydrogen) atoms. The molecule has 0 radical (unpaired) electrons. The summed E-state index contributed by atoms with van der Waals surface area (Å²) in [6.07, 6.45) is 0.714. The molecular formula is C15H17NO4. The Morgan fingerprint density at radius 3 is 2.75 bits per heavy atom. The van der Waals surface area contributed by atoms with Gasteiger partial charge in [-0.25, -0.2) is 4.79 Å². The zero-order valence-electron chi connectivity index (χ0n) is 11.1. The molecule has 1 aromatic carbocycles. The van der Waals surface area contributed by atoms with Crippen LogP contribution in [0.5, 0.6) is 0 Å². The van der Waals surface area contributed by atoms with Gasteiger partial charge in [0.15, 0.2) is 12.2 Å². The molecule has 5 heteroatoms. The lowest BCUT2D eigenvalue weighted by molar-refractivity contribution is -0.136. The minimum Gasteiger partial charge on any atom is -0.453 e. The molecule has 1 N–H and O–H groups in total. The number of hydrogen-bond donors (Lipinski definition) is 1. The Bertz CT molecular complexity index is 516. The molecule has 2 aliphatic heterocycles. The van der Waals surface area contributed by atoms with Crippen LogP contribution in [0.25, 0.3) is 0 Å². The predicted octanol–water partition coefficient (Wildman–Crippen LogP) is 0.968. The fraction of sp³-hybridized carbons (Fsp3) is 0.467.